The maximum Gasteiger partial charge on any atom is 0.256 e. The molecule has 0 bridgehead atoms. The van der Waals surface area contributed by atoms with Crippen LogP contribution in [0.15, 0.2) is 78.0 Å². The lowest BCUT2D eigenvalue weighted by Gasteiger charge is -2.12. The number of carbonyl (C=O) groups excluding carboxylic acids is 2. The van der Waals surface area contributed by atoms with Crippen molar-refractivity contribution in [2.24, 2.45) is 0 Å². The van der Waals surface area contributed by atoms with Crippen LogP contribution in [-0.4, -0.2) is 34.5 Å². The largest absolute Gasteiger partial charge is 0.361 e. The summed E-state index contributed by atoms with van der Waals surface area (Å²) in [6.07, 6.45) is 5.56. The van der Waals surface area contributed by atoms with Gasteiger partial charge in [-0.1, -0.05) is 48.5 Å². The number of H-pyrrole nitrogens is 1. The normalized spacial score (nSPS) is 10.8. The van der Waals surface area contributed by atoms with Gasteiger partial charge in [0.15, 0.2) is 0 Å². The highest BCUT2D eigenvalue weighted by Gasteiger charge is 2.19. The molecule has 0 fully saturated rings. The van der Waals surface area contributed by atoms with Gasteiger partial charge in [0.05, 0.1) is 0 Å². The minimum atomic E-state index is -0.574. The summed E-state index contributed by atoms with van der Waals surface area (Å²) in [5.74, 6) is -0.981. The zero-order chi connectivity index (χ0) is 23.2. The molecular weight excluding hydrogens is 416 g/mol. The van der Waals surface area contributed by atoms with E-state index in [0.717, 1.165) is 22.0 Å². The molecule has 0 saturated carbocycles. The molecule has 0 unspecified atom stereocenters. The van der Waals surface area contributed by atoms with Gasteiger partial charge in [0.2, 0.25) is 5.43 Å². The summed E-state index contributed by atoms with van der Waals surface area (Å²) >= 11 is 0. The molecule has 2 aromatic carbocycles. The third kappa shape index (κ3) is 5.03. The van der Waals surface area contributed by atoms with Crippen LogP contribution in [-0.2, 0) is 13.0 Å². The Morgan fingerprint density at radius 3 is 2.30 bits per heavy atom. The molecule has 0 aliphatic carbocycles. The van der Waals surface area contributed by atoms with Crippen LogP contribution < -0.4 is 16.1 Å². The van der Waals surface area contributed by atoms with Crippen molar-refractivity contribution in [1.82, 2.24) is 20.2 Å². The van der Waals surface area contributed by atoms with Crippen molar-refractivity contribution in [2.45, 2.75) is 19.9 Å². The van der Waals surface area contributed by atoms with E-state index in [4.69, 9.17) is 0 Å². The van der Waals surface area contributed by atoms with Crippen LogP contribution in [0.25, 0.3) is 10.9 Å². The quantitative estimate of drug-likeness (QED) is 0.391. The van der Waals surface area contributed by atoms with Gasteiger partial charge in [0.25, 0.3) is 11.8 Å². The summed E-state index contributed by atoms with van der Waals surface area (Å²) in [5.41, 5.74) is 2.45. The van der Waals surface area contributed by atoms with Crippen molar-refractivity contribution < 1.29 is 9.59 Å². The smallest absolute Gasteiger partial charge is 0.256 e. The molecule has 2 heterocycles. The second-order valence-electron chi connectivity index (χ2n) is 7.80. The number of hydrogen-bond acceptors (Lipinski definition) is 3. The standard InChI is InChI=1S/C26H26N4O3/c1-2-27-25(32)21-16-30(15-18-8-4-3-5-9-18)17-22(24(21)31)26(33)28-13-12-19-14-29-23-11-7-6-10-20(19)23/h3-11,14,16-17,29H,2,12-13,15H2,1H3,(H,27,32)(H,28,33). The van der Waals surface area contributed by atoms with Gasteiger partial charge in [-0.25, -0.2) is 0 Å². The molecule has 0 spiro atoms. The lowest BCUT2D eigenvalue weighted by atomic mass is 10.1. The summed E-state index contributed by atoms with van der Waals surface area (Å²) in [4.78, 5) is 41.6. The van der Waals surface area contributed by atoms with Crippen molar-refractivity contribution in [3.05, 3.63) is 106 Å². The molecule has 0 radical (unpaired) electrons. The Balaban J connectivity index is 1.55. The molecular formula is C26H26N4O3. The monoisotopic (exact) mass is 442 g/mol. The molecule has 2 aromatic heterocycles. The van der Waals surface area contributed by atoms with Gasteiger partial charge in [-0.05, 0) is 30.5 Å². The van der Waals surface area contributed by atoms with Crippen LogP contribution >= 0.6 is 0 Å². The lowest BCUT2D eigenvalue weighted by molar-refractivity contribution is 0.0951. The second kappa shape index (κ2) is 9.99. The first-order chi connectivity index (χ1) is 16.1. The molecule has 0 saturated heterocycles. The molecule has 2 amide bonds. The van der Waals surface area contributed by atoms with Crippen LogP contribution in [0, 0.1) is 0 Å². The van der Waals surface area contributed by atoms with Crippen molar-refractivity contribution in [1.29, 1.82) is 0 Å². The van der Waals surface area contributed by atoms with E-state index in [-0.39, 0.29) is 11.1 Å². The van der Waals surface area contributed by atoms with Gasteiger partial charge >= 0.3 is 0 Å². The first-order valence-electron chi connectivity index (χ1n) is 11.0. The highest BCUT2D eigenvalue weighted by atomic mass is 16.2. The van der Waals surface area contributed by atoms with Crippen LogP contribution in [0.5, 0.6) is 0 Å². The molecule has 4 aromatic rings. The molecule has 0 aliphatic heterocycles. The Hall–Kier alpha value is -4.13. The van der Waals surface area contributed by atoms with E-state index >= 15 is 0 Å². The highest BCUT2D eigenvalue weighted by molar-refractivity contribution is 5.99. The predicted octanol–water partition coefficient (Wildman–Crippen LogP) is 3.10. The average molecular weight is 443 g/mol. The van der Waals surface area contributed by atoms with Crippen molar-refractivity contribution in [3.63, 3.8) is 0 Å². The number of carbonyl (C=O) groups is 2. The van der Waals surface area contributed by atoms with Gasteiger partial charge < -0.3 is 20.2 Å². The molecule has 3 N–H and O–H groups in total. The minimum absolute atomic E-state index is 0.0444. The number of aromatic amines is 1. The number of fused-ring (bicyclic) bond motifs is 1. The predicted molar refractivity (Wildman–Crippen MR) is 129 cm³/mol. The van der Waals surface area contributed by atoms with E-state index < -0.39 is 17.2 Å². The summed E-state index contributed by atoms with van der Waals surface area (Å²) in [7, 11) is 0. The summed E-state index contributed by atoms with van der Waals surface area (Å²) < 4.78 is 1.70. The molecule has 168 valence electrons. The maximum absolute atomic E-state index is 13.0. The number of para-hydroxylation sites is 1. The number of hydrogen-bond donors (Lipinski definition) is 3. The van der Waals surface area contributed by atoms with E-state index in [1.807, 2.05) is 60.8 Å². The first-order valence-corrected chi connectivity index (χ1v) is 11.0. The van der Waals surface area contributed by atoms with Crippen LogP contribution in [0.3, 0.4) is 0 Å². The Kier molecular flexibility index (Phi) is 6.69. The van der Waals surface area contributed by atoms with Gasteiger partial charge in [0, 0.05) is 49.1 Å². The zero-order valence-corrected chi connectivity index (χ0v) is 18.4. The Labute approximate surface area is 191 Å². The number of nitrogens with one attached hydrogen (secondary N) is 3. The van der Waals surface area contributed by atoms with E-state index in [1.165, 1.54) is 12.4 Å². The van der Waals surface area contributed by atoms with E-state index in [2.05, 4.69) is 15.6 Å². The first kappa shape index (κ1) is 22.1. The fraction of sp³-hybridized carbons (Fsp3) is 0.192. The minimum Gasteiger partial charge on any atom is -0.361 e. The molecule has 4 rings (SSSR count). The second-order valence-corrected chi connectivity index (χ2v) is 7.80. The van der Waals surface area contributed by atoms with Crippen LogP contribution in [0.4, 0.5) is 0 Å². The number of amides is 2. The molecule has 7 heteroatoms. The number of pyridine rings is 1. The third-order valence-electron chi connectivity index (χ3n) is 5.47. The lowest BCUT2D eigenvalue weighted by Crippen LogP contribution is -2.36. The maximum atomic E-state index is 13.0. The van der Waals surface area contributed by atoms with Gasteiger partial charge in [-0.15, -0.1) is 0 Å². The Bertz CT molecular complexity index is 1340. The number of aromatic nitrogens is 2. The zero-order valence-electron chi connectivity index (χ0n) is 18.4. The van der Waals surface area contributed by atoms with Gasteiger partial charge in [-0.3, -0.25) is 14.4 Å². The van der Waals surface area contributed by atoms with Crippen LogP contribution in [0.1, 0.15) is 38.8 Å². The summed E-state index contributed by atoms with van der Waals surface area (Å²) in [6.45, 7) is 2.97. The molecule has 0 atom stereocenters. The fourth-order valence-electron chi connectivity index (χ4n) is 3.84. The molecule has 0 aliphatic rings. The van der Waals surface area contributed by atoms with E-state index in [9.17, 15) is 14.4 Å². The Morgan fingerprint density at radius 2 is 1.58 bits per heavy atom. The number of benzene rings is 2. The van der Waals surface area contributed by atoms with Crippen molar-refractivity contribution >= 4 is 22.7 Å². The number of rotatable bonds is 8. The third-order valence-corrected chi connectivity index (χ3v) is 5.47. The van der Waals surface area contributed by atoms with E-state index in [1.54, 1.807) is 11.5 Å². The van der Waals surface area contributed by atoms with Crippen LogP contribution in [0.2, 0.25) is 0 Å². The van der Waals surface area contributed by atoms with Gasteiger partial charge in [0.1, 0.15) is 11.1 Å². The topological polar surface area (TPSA) is 96.0 Å². The fourth-order valence-corrected chi connectivity index (χ4v) is 3.84. The number of nitrogens with zero attached hydrogens (tertiary/aromatic N) is 1. The van der Waals surface area contributed by atoms with E-state index in [0.29, 0.717) is 26.1 Å². The SMILES string of the molecule is CCNC(=O)c1cn(Cc2ccccc2)cc(C(=O)NCCc2c[nH]c3ccccc23)c1=O. The molecule has 33 heavy (non-hydrogen) atoms. The summed E-state index contributed by atoms with van der Waals surface area (Å²) in [6, 6.07) is 17.6. The summed E-state index contributed by atoms with van der Waals surface area (Å²) in [5, 5.41) is 6.59. The molecule has 7 nitrogen and oxygen atoms in total. The Morgan fingerprint density at radius 1 is 0.909 bits per heavy atom. The van der Waals surface area contributed by atoms with Crippen molar-refractivity contribution in [3.8, 4) is 0 Å². The highest BCUT2D eigenvalue weighted by Crippen LogP contribution is 2.17. The average Bonchev–Trinajstić information content (AvgIpc) is 3.24. The van der Waals surface area contributed by atoms with Gasteiger partial charge in [-0.2, -0.15) is 0 Å². The van der Waals surface area contributed by atoms with Crippen molar-refractivity contribution in [2.75, 3.05) is 13.1 Å².